The summed E-state index contributed by atoms with van der Waals surface area (Å²) in [5.41, 5.74) is 7.22. The fourth-order valence-electron chi connectivity index (χ4n) is 1.69. The van der Waals surface area contributed by atoms with Gasteiger partial charge in [0.05, 0.1) is 0 Å². The Labute approximate surface area is 150 Å². The fourth-order valence-corrected chi connectivity index (χ4v) is 3.69. The average Bonchev–Trinajstić information content (AvgIpc) is 2.54. The molecule has 0 spiro atoms. The molecule has 23 heavy (non-hydrogen) atoms. The first kappa shape index (κ1) is 17.7. The predicted molar refractivity (Wildman–Crippen MR) is 99.5 cm³/mol. The van der Waals surface area contributed by atoms with Crippen LogP contribution in [0, 0.1) is 0 Å². The topological polar surface area (TPSA) is 87.7 Å². The molecule has 0 bridgehead atoms. The van der Waals surface area contributed by atoms with Crippen molar-refractivity contribution in [3.8, 4) is 0 Å². The summed E-state index contributed by atoms with van der Waals surface area (Å²) in [6.45, 7) is 0. The molecule has 0 fully saturated rings. The van der Waals surface area contributed by atoms with Crippen LogP contribution < -0.4 is 10.5 Å². The lowest BCUT2D eigenvalue weighted by Gasteiger charge is -2.06. The van der Waals surface area contributed by atoms with E-state index in [9.17, 15) is 4.79 Å². The van der Waals surface area contributed by atoms with Crippen molar-refractivity contribution < 1.29 is 10.0 Å². The molecule has 0 unspecified atom stereocenters. The minimum absolute atomic E-state index is 0.0495. The van der Waals surface area contributed by atoms with Crippen LogP contribution in [0.25, 0.3) is 0 Å². The second-order valence-corrected chi connectivity index (χ2v) is 7.44. The van der Waals surface area contributed by atoms with Crippen LogP contribution in [-0.4, -0.2) is 16.8 Å². The maximum absolute atomic E-state index is 12.0. The Balaban J connectivity index is 1.86. The number of nitrogens with zero attached hydrogens (tertiary/aromatic N) is 1. The smallest absolute Gasteiger partial charge is 0.279 e. The van der Waals surface area contributed by atoms with Gasteiger partial charge in [-0.05, 0) is 52.8 Å². The van der Waals surface area contributed by atoms with Crippen LogP contribution in [0.3, 0.4) is 0 Å². The Kier molecular flexibility index (Phi) is 6.82. The van der Waals surface area contributed by atoms with Crippen molar-refractivity contribution in [1.29, 1.82) is 0 Å². The highest BCUT2D eigenvalue weighted by molar-refractivity contribution is 9.10. The van der Waals surface area contributed by atoms with Crippen molar-refractivity contribution in [2.45, 2.75) is 11.3 Å². The van der Waals surface area contributed by atoms with E-state index in [-0.39, 0.29) is 12.1 Å². The Bertz CT molecular complexity index is 708. The molecule has 120 valence electrons. The molecule has 0 heterocycles. The zero-order valence-electron chi connectivity index (χ0n) is 11.9. The number of hydrogen-bond acceptors (Lipinski definition) is 6. The van der Waals surface area contributed by atoms with Crippen LogP contribution in [0.4, 0.5) is 5.69 Å². The molecule has 0 aliphatic carbocycles. The molecular weight excluding hydrogens is 398 g/mol. The molecule has 4 N–H and O–H groups in total. The number of oxime groups is 1. The average molecular weight is 412 g/mol. The molecule has 8 heteroatoms. The highest BCUT2D eigenvalue weighted by Gasteiger charge is 2.13. The molecule has 1 amide bonds. The summed E-state index contributed by atoms with van der Waals surface area (Å²) in [6, 6.07) is 14.8. The van der Waals surface area contributed by atoms with Crippen molar-refractivity contribution in [3.05, 3.63) is 58.6 Å². The molecule has 0 atom stereocenters. The zero-order valence-corrected chi connectivity index (χ0v) is 15.1. The van der Waals surface area contributed by atoms with Crippen molar-refractivity contribution >= 4 is 55.0 Å². The van der Waals surface area contributed by atoms with Crippen molar-refractivity contribution in [2.75, 3.05) is 5.73 Å². The van der Waals surface area contributed by atoms with Crippen molar-refractivity contribution in [2.24, 2.45) is 5.16 Å². The van der Waals surface area contributed by atoms with Gasteiger partial charge in [-0.1, -0.05) is 33.2 Å². The van der Waals surface area contributed by atoms with E-state index in [1.165, 1.54) is 10.8 Å². The van der Waals surface area contributed by atoms with Gasteiger partial charge in [0.15, 0.2) is 0 Å². The van der Waals surface area contributed by atoms with Gasteiger partial charge in [0.1, 0.15) is 5.71 Å². The van der Waals surface area contributed by atoms with Gasteiger partial charge in [-0.25, -0.2) is 0 Å². The molecule has 0 aromatic heterocycles. The lowest BCUT2D eigenvalue weighted by molar-refractivity contribution is -0.113. The number of nitrogens with one attached hydrogen (secondary N) is 1. The van der Waals surface area contributed by atoms with Gasteiger partial charge in [0.25, 0.3) is 5.91 Å². The number of carbonyl (C=O) groups is 1. The van der Waals surface area contributed by atoms with Crippen LogP contribution in [0.1, 0.15) is 5.56 Å². The highest BCUT2D eigenvalue weighted by Crippen LogP contribution is 2.28. The minimum Gasteiger partial charge on any atom is -0.410 e. The maximum atomic E-state index is 12.0. The van der Waals surface area contributed by atoms with Gasteiger partial charge >= 0.3 is 0 Å². The zero-order chi connectivity index (χ0) is 16.7. The SMILES string of the molecule is Nc1ccc(SSNC(=O)/C(Cc2cccc(Br)c2)=N\O)cc1. The van der Waals surface area contributed by atoms with Crippen LogP contribution in [-0.2, 0) is 11.2 Å². The summed E-state index contributed by atoms with van der Waals surface area (Å²) in [6.07, 6.45) is 0.245. The number of nitrogen functional groups attached to an aromatic ring is 1. The van der Waals surface area contributed by atoms with E-state index in [0.717, 1.165) is 25.9 Å². The molecule has 2 aromatic carbocycles. The Morgan fingerprint density at radius 3 is 2.65 bits per heavy atom. The molecular formula is C15H14BrN3O2S2. The normalized spacial score (nSPS) is 11.3. The van der Waals surface area contributed by atoms with E-state index in [1.807, 2.05) is 36.4 Å². The number of hydrogen-bond donors (Lipinski definition) is 3. The van der Waals surface area contributed by atoms with E-state index < -0.39 is 5.91 Å². The van der Waals surface area contributed by atoms with E-state index >= 15 is 0 Å². The molecule has 2 rings (SSSR count). The van der Waals surface area contributed by atoms with E-state index in [2.05, 4.69) is 25.8 Å². The maximum Gasteiger partial charge on any atom is 0.279 e. The third kappa shape index (κ3) is 5.81. The highest BCUT2D eigenvalue weighted by atomic mass is 79.9. The Morgan fingerprint density at radius 2 is 2.00 bits per heavy atom. The van der Waals surface area contributed by atoms with Crippen LogP contribution in [0.15, 0.2) is 63.1 Å². The number of benzene rings is 2. The fraction of sp³-hybridized carbons (Fsp3) is 0.0667. The van der Waals surface area contributed by atoms with E-state index in [4.69, 9.17) is 10.9 Å². The molecule has 0 saturated carbocycles. The van der Waals surface area contributed by atoms with Gasteiger partial charge < -0.3 is 10.9 Å². The molecule has 0 aliphatic rings. The molecule has 2 aromatic rings. The summed E-state index contributed by atoms with van der Waals surface area (Å²) >= 11 is 3.36. The van der Waals surface area contributed by atoms with Gasteiger partial charge in [-0.2, -0.15) is 0 Å². The quantitative estimate of drug-likeness (QED) is 0.167. The molecule has 0 saturated heterocycles. The van der Waals surface area contributed by atoms with Crippen molar-refractivity contribution in [1.82, 2.24) is 4.72 Å². The van der Waals surface area contributed by atoms with E-state index in [1.54, 1.807) is 12.1 Å². The van der Waals surface area contributed by atoms with Gasteiger partial charge in [0.2, 0.25) is 0 Å². The lowest BCUT2D eigenvalue weighted by atomic mass is 10.1. The predicted octanol–water partition coefficient (Wildman–Crippen LogP) is 3.88. The van der Waals surface area contributed by atoms with Gasteiger partial charge in [-0.3, -0.25) is 9.52 Å². The van der Waals surface area contributed by atoms with E-state index in [0.29, 0.717) is 5.69 Å². The largest absolute Gasteiger partial charge is 0.410 e. The third-order valence-electron chi connectivity index (χ3n) is 2.80. The number of carbonyl (C=O) groups excluding carboxylic acids is 1. The van der Waals surface area contributed by atoms with Gasteiger partial charge in [0, 0.05) is 32.5 Å². The van der Waals surface area contributed by atoms with Crippen molar-refractivity contribution in [3.63, 3.8) is 0 Å². The third-order valence-corrected chi connectivity index (χ3v) is 5.18. The molecule has 5 nitrogen and oxygen atoms in total. The Morgan fingerprint density at radius 1 is 1.26 bits per heavy atom. The Hall–Kier alpha value is -1.64. The number of halogens is 1. The van der Waals surface area contributed by atoms with Crippen LogP contribution in [0.2, 0.25) is 0 Å². The van der Waals surface area contributed by atoms with Crippen LogP contribution >= 0.6 is 37.7 Å². The number of anilines is 1. The summed E-state index contributed by atoms with van der Waals surface area (Å²) in [5, 5.41) is 12.2. The number of rotatable bonds is 6. The lowest BCUT2D eigenvalue weighted by Crippen LogP contribution is -2.27. The second-order valence-electron chi connectivity index (χ2n) is 4.52. The first-order chi connectivity index (χ1) is 11.1. The first-order valence-corrected chi connectivity index (χ1v) is 9.47. The standard InChI is InChI=1S/C15H14BrN3O2S2/c16-11-3-1-2-10(8-11)9-14(18-21)15(20)19-23-22-13-6-4-12(17)5-7-13/h1-8,21H,9,17H2,(H,19,20)/b18-14-. The monoisotopic (exact) mass is 411 g/mol. The summed E-state index contributed by atoms with van der Waals surface area (Å²) in [4.78, 5) is 13.0. The number of amides is 1. The first-order valence-electron chi connectivity index (χ1n) is 6.53. The van der Waals surface area contributed by atoms with Crippen LogP contribution in [0.5, 0.6) is 0 Å². The summed E-state index contributed by atoms with van der Waals surface area (Å²) in [5.74, 6) is -0.430. The second kappa shape index (κ2) is 8.85. The molecule has 0 radical (unpaired) electrons. The minimum atomic E-state index is -0.430. The number of nitrogens with two attached hydrogens (primary N) is 1. The van der Waals surface area contributed by atoms with Gasteiger partial charge in [-0.15, -0.1) is 0 Å². The summed E-state index contributed by atoms with van der Waals surface area (Å²) in [7, 11) is 2.53. The summed E-state index contributed by atoms with van der Waals surface area (Å²) < 4.78 is 3.54. The molecule has 0 aliphatic heterocycles.